The van der Waals surface area contributed by atoms with Crippen LogP contribution in [0.3, 0.4) is 0 Å². The first-order chi connectivity index (χ1) is 8.40. The van der Waals surface area contributed by atoms with Crippen molar-refractivity contribution in [1.82, 2.24) is 5.32 Å². The lowest BCUT2D eigenvalue weighted by atomic mass is 9.99. The second kappa shape index (κ2) is 6.77. The van der Waals surface area contributed by atoms with Gasteiger partial charge >= 0.3 is 0 Å². The number of rotatable bonds is 5. The van der Waals surface area contributed by atoms with Crippen LogP contribution in [0, 0.1) is 0 Å². The molecule has 0 aromatic heterocycles. The van der Waals surface area contributed by atoms with Crippen LogP contribution in [0.1, 0.15) is 44.2 Å². The van der Waals surface area contributed by atoms with E-state index in [1.807, 2.05) is 0 Å². The Kier molecular flexibility index (Phi) is 5.02. The molecule has 0 radical (unpaired) electrons. The molecule has 0 spiro atoms. The first kappa shape index (κ1) is 12.6. The summed E-state index contributed by atoms with van der Waals surface area (Å²) >= 11 is 0. The molecule has 0 aliphatic carbocycles. The van der Waals surface area contributed by atoms with E-state index in [0.717, 1.165) is 26.1 Å². The Morgan fingerprint density at radius 1 is 1.24 bits per heavy atom. The largest absolute Gasteiger partial charge is 0.381 e. The highest BCUT2D eigenvalue weighted by Gasteiger charge is 2.18. The van der Waals surface area contributed by atoms with Crippen molar-refractivity contribution < 1.29 is 4.74 Å². The molecular weight excluding hydrogens is 210 g/mol. The highest BCUT2D eigenvalue weighted by atomic mass is 16.5. The van der Waals surface area contributed by atoms with Crippen molar-refractivity contribution in [3.8, 4) is 0 Å². The first-order valence-electron chi connectivity index (χ1n) is 6.79. The van der Waals surface area contributed by atoms with E-state index >= 15 is 0 Å². The van der Waals surface area contributed by atoms with Crippen molar-refractivity contribution in [3.63, 3.8) is 0 Å². The summed E-state index contributed by atoms with van der Waals surface area (Å²) in [6.45, 7) is 4.07. The second-order valence-electron chi connectivity index (χ2n) is 4.81. The van der Waals surface area contributed by atoms with Gasteiger partial charge in [0.2, 0.25) is 0 Å². The van der Waals surface area contributed by atoms with Crippen LogP contribution in [0.5, 0.6) is 0 Å². The summed E-state index contributed by atoms with van der Waals surface area (Å²) in [7, 11) is 0. The maximum absolute atomic E-state index is 5.41. The number of ether oxygens (including phenoxy) is 1. The molecule has 1 unspecified atom stereocenters. The highest BCUT2D eigenvalue weighted by Crippen LogP contribution is 2.21. The fourth-order valence-corrected chi connectivity index (χ4v) is 2.47. The lowest BCUT2D eigenvalue weighted by molar-refractivity contribution is 0.0744. The zero-order chi connectivity index (χ0) is 11.9. The van der Waals surface area contributed by atoms with Crippen molar-refractivity contribution in [2.75, 3.05) is 13.2 Å². The van der Waals surface area contributed by atoms with Crippen LogP contribution in [0.4, 0.5) is 0 Å². The Labute approximate surface area is 104 Å². The molecule has 0 bridgehead atoms. The number of benzene rings is 1. The van der Waals surface area contributed by atoms with Crippen molar-refractivity contribution in [3.05, 3.63) is 35.9 Å². The zero-order valence-corrected chi connectivity index (χ0v) is 10.7. The molecule has 1 atom stereocenters. The van der Waals surface area contributed by atoms with Crippen molar-refractivity contribution in [2.45, 2.75) is 44.7 Å². The molecule has 1 aromatic rings. The van der Waals surface area contributed by atoms with Crippen LogP contribution in [-0.2, 0) is 4.74 Å². The van der Waals surface area contributed by atoms with Crippen LogP contribution in [0.25, 0.3) is 0 Å². The lowest BCUT2D eigenvalue weighted by Crippen LogP contribution is -2.37. The molecule has 17 heavy (non-hydrogen) atoms. The Bertz CT molecular complexity index is 306. The minimum absolute atomic E-state index is 0.504. The SMILES string of the molecule is CCCC(NC1CCOCC1)c1ccccc1. The lowest BCUT2D eigenvalue weighted by Gasteiger charge is -2.28. The van der Waals surface area contributed by atoms with Gasteiger partial charge in [0.25, 0.3) is 0 Å². The molecule has 1 aliphatic rings. The Balaban J connectivity index is 1.96. The van der Waals surface area contributed by atoms with Crippen molar-refractivity contribution >= 4 is 0 Å². The molecule has 2 nitrogen and oxygen atoms in total. The average Bonchev–Trinajstić information content (AvgIpc) is 2.40. The van der Waals surface area contributed by atoms with Gasteiger partial charge in [-0.25, -0.2) is 0 Å². The van der Waals surface area contributed by atoms with Gasteiger partial charge in [-0.3, -0.25) is 0 Å². The Hall–Kier alpha value is -0.860. The standard InChI is InChI=1S/C15H23NO/c1-2-6-15(13-7-4-3-5-8-13)16-14-9-11-17-12-10-14/h3-5,7-8,14-16H,2,6,9-12H2,1H3. The third kappa shape index (κ3) is 3.83. The zero-order valence-electron chi connectivity index (χ0n) is 10.7. The molecule has 1 aliphatic heterocycles. The number of hydrogen-bond donors (Lipinski definition) is 1. The normalized spacial score (nSPS) is 19.1. The van der Waals surface area contributed by atoms with E-state index in [1.54, 1.807) is 0 Å². The monoisotopic (exact) mass is 233 g/mol. The number of nitrogens with one attached hydrogen (secondary N) is 1. The summed E-state index contributed by atoms with van der Waals surface area (Å²) in [5.74, 6) is 0. The quantitative estimate of drug-likeness (QED) is 0.842. The fourth-order valence-electron chi connectivity index (χ4n) is 2.47. The van der Waals surface area contributed by atoms with E-state index < -0.39 is 0 Å². The molecule has 1 aromatic carbocycles. The van der Waals surface area contributed by atoms with Crippen LogP contribution < -0.4 is 5.32 Å². The van der Waals surface area contributed by atoms with Gasteiger partial charge < -0.3 is 10.1 Å². The summed E-state index contributed by atoms with van der Waals surface area (Å²) in [6.07, 6.45) is 4.72. The Morgan fingerprint density at radius 3 is 2.59 bits per heavy atom. The van der Waals surface area contributed by atoms with Gasteiger partial charge in [0.15, 0.2) is 0 Å². The molecule has 1 heterocycles. The summed E-state index contributed by atoms with van der Waals surface area (Å²) in [5, 5.41) is 3.79. The molecule has 94 valence electrons. The van der Waals surface area contributed by atoms with Gasteiger partial charge in [-0.05, 0) is 24.8 Å². The van der Waals surface area contributed by atoms with Crippen molar-refractivity contribution in [2.24, 2.45) is 0 Å². The van der Waals surface area contributed by atoms with Gasteiger partial charge in [0.05, 0.1) is 0 Å². The fraction of sp³-hybridized carbons (Fsp3) is 0.600. The molecule has 2 rings (SSSR count). The Morgan fingerprint density at radius 2 is 1.94 bits per heavy atom. The van der Waals surface area contributed by atoms with Crippen LogP contribution >= 0.6 is 0 Å². The second-order valence-corrected chi connectivity index (χ2v) is 4.81. The highest BCUT2D eigenvalue weighted by molar-refractivity contribution is 5.19. The first-order valence-corrected chi connectivity index (χ1v) is 6.79. The molecule has 1 saturated heterocycles. The van der Waals surface area contributed by atoms with Gasteiger partial charge in [0.1, 0.15) is 0 Å². The maximum atomic E-state index is 5.41. The van der Waals surface area contributed by atoms with E-state index in [2.05, 4.69) is 42.6 Å². The van der Waals surface area contributed by atoms with E-state index in [0.29, 0.717) is 12.1 Å². The minimum atomic E-state index is 0.504. The average molecular weight is 233 g/mol. The maximum Gasteiger partial charge on any atom is 0.0480 e. The van der Waals surface area contributed by atoms with Crippen LogP contribution in [-0.4, -0.2) is 19.3 Å². The molecule has 1 fully saturated rings. The summed E-state index contributed by atoms with van der Waals surface area (Å²) in [5.41, 5.74) is 1.42. The number of hydrogen-bond acceptors (Lipinski definition) is 2. The van der Waals surface area contributed by atoms with E-state index in [9.17, 15) is 0 Å². The summed E-state index contributed by atoms with van der Waals surface area (Å²) < 4.78 is 5.41. The predicted octanol–water partition coefficient (Wildman–Crippen LogP) is 3.30. The van der Waals surface area contributed by atoms with Gasteiger partial charge in [-0.2, -0.15) is 0 Å². The molecule has 1 N–H and O–H groups in total. The molecule has 2 heteroatoms. The van der Waals surface area contributed by atoms with E-state index in [1.165, 1.54) is 18.4 Å². The third-order valence-corrected chi connectivity index (χ3v) is 3.44. The molecular formula is C15H23NO. The summed E-state index contributed by atoms with van der Waals surface area (Å²) in [6, 6.07) is 11.9. The van der Waals surface area contributed by atoms with Gasteiger partial charge in [-0.1, -0.05) is 43.7 Å². The minimum Gasteiger partial charge on any atom is -0.381 e. The predicted molar refractivity (Wildman–Crippen MR) is 71.1 cm³/mol. The van der Waals surface area contributed by atoms with Gasteiger partial charge in [0, 0.05) is 25.3 Å². The van der Waals surface area contributed by atoms with E-state index in [4.69, 9.17) is 4.74 Å². The topological polar surface area (TPSA) is 21.3 Å². The third-order valence-electron chi connectivity index (χ3n) is 3.44. The van der Waals surface area contributed by atoms with Crippen LogP contribution in [0.2, 0.25) is 0 Å². The van der Waals surface area contributed by atoms with Crippen LogP contribution in [0.15, 0.2) is 30.3 Å². The molecule has 0 saturated carbocycles. The van der Waals surface area contributed by atoms with Gasteiger partial charge in [-0.15, -0.1) is 0 Å². The van der Waals surface area contributed by atoms with Crippen molar-refractivity contribution in [1.29, 1.82) is 0 Å². The smallest absolute Gasteiger partial charge is 0.0480 e. The molecule has 0 amide bonds. The summed E-state index contributed by atoms with van der Waals surface area (Å²) in [4.78, 5) is 0. The van der Waals surface area contributed by atoms with E-state index in [-0.39, 0.29) is 0 Å².